The Bertz CT molecular complexity index is 818. The maximum atomic E-state index is 11.8. The average molecular weight is 392 g/mol. The molecule has 8 heteroatoms. The fourth-order valence-electron chi connectivity index (χ4n) is 3.26. The van der Waals surface area contributed by atoms with Crippen LogP contribution in [0, 0.1) is 0 Å². The Morgan fingerprint density at radius 1 is 1.22 bits per heavy atom. The smallest absolute Gasteiger partial charge is 0.287 e. The summed E-state index contributed by atoms with van der Waals surface area (Å²) in [5.41, 5.74) is 1.48. The number of hydrogen-bond donors (Lipinski definition) is 1. The van der Waals surface area contributed by atoms with Crippen LogP contribution in [0.4, 0.5) is 11.4 Å². The monoisotopic (exact) mass is 391 g/mol. The van der Waals surface area contributed by atoms with Gasteiger partial charge in [-0.1, -0.05) is 23.7 Å². The summed E-state index contributed by atoms with van der Waals surface area (Å²) in [5, 5.41) is 7.39. The van der Waals surface area contributed by atoms with E-state index in [9.17, 15) is 4.79 Å². The van der Waals surface area contributed by atoms with Crippen molar-refractivity contribution < 1.29 is 4.74 Å². The van der Waals surface area contributed by atoms with Gasteiger partial charge in [-0.15, -0.1) is 0 Å². The molecule has 0 radical (unpaired) electrons. The van der Waals surface area contributed by atoms with Gasteiger partial charge >= 0.3 is 0 Å². The zero-order valence-electron chi connectivity index (χ0n) is 15.8. The van der Waals surface area contributed by atoms with Crippen molar-refractivity contribution in [2.45, 2.75) is 6.42 Å². The highest BCUT2D eigenvalue weighted by molar-refractivity contribution is 6.32. The van der Waals surface area contributed by atoms with E-state index in [2.05, 4.69) is 26.3 Å². The molecule has 1 aliphatic rings. The second-order valence-corrected chi connectivity index (χ2v) is 6.96. The van der Waals surface area contributed by atoms with Gasteiger partial charge in [0.05, 0.1) is 24.7 Å². The molecule has 146 valence electrons. The minimum Gasteiger partial charge on any atom is -0.495 e. The molecule has 0 bridgehead atoms. The largest absolute Gasteiger partial charge is 0.495 e. The molecular weight excluding hydrogens is 366 g/mol. The van der Waals surface area contributed by atoms with Crippen LogP contribution in [0.3, 0.4) is 0 Å². The maximum absolute atomic E-state index is 11.8. The van der Waals surface area contributed by atoms with Crippen molar-refractivity contribution in [2.75, 3.05) is 56.6 Å². The second kappa shape index (κ2) is 9.10. The Morgan fingerprint density at radius 2 is 1.96 bits per heavy atom. The molecule has 0 unspecified atom stereocenters. The number of halogens is 1. The number of nitrogens with one attached hydrogen (secondary N) is 1. The van der Waals surface area contributed by atoms with Crippen molar-refractivity contribution >= 4 is 23.0 Å². The van der Waals surface area contributed by atoms with Gasteiger partial charge in [-0.05, 0) is 25.1 Å². The van der Waals surface area contributed by atoms with E-state index < -0.39 is 0 Å². The molecule has 1 aromatic heterocycles. The predicted octanol–water partition coefficient (Wildman–Crippen LogP) is 2.07. The standard InChI is InChI=1S/C19H26ClN5O2/c1-23-19(26)18(20)15(14-22-23)21-8-5-9-24-10-12-25(13-11-24)16-6-3-4-7-17(16)27-2/h3-4,6-7,14,21H,5,8-13H2,1-2H3. The highest BCUT2D eigenvalue weighted by Gasteiger charge is 2.19. The number of benzene rings is 1. The Hall–Kier alpha value is -2.25. The molecule has 0 saturated carbocycles. The van der Waals surface area contributed by atoms with Gasteiger partial charge in [0, 0.05) is 39.8 Å². The lowest BCUT2D eigenvalue weighted by molar-refractivity contribution is 0.256. The van der Waals surface area contributed by atoms with Gasteiger partial charge in [0.1, 0.15) is 10.8 Å². The third kappa shape index (κ3) is 4.73. The van der Waals surface area contributed by atoms with Crippen LogP contribution in [-0.2, 0) is 7.05 Å². The molecule has 1 N–H and O–H groups in total. The first kappa shape index (κ1) is 19.5. The highest BCUT2D eigenvalue weighted by atomic mass is 35.5. The lowest BCUT2D eigenvalue weighted by atomic mass is 10.2. The van der Waals surface area contributed by atoms with Crippen LogP contribution in [0.25, 0.3) is 0 Å². The first-order valence-electron chi connectivity index (χ1n) is 9.16. The van der Waals surface area contributed by atoms with Crippen LogP contribution in [0.1, 0.15) is 6.42 Å². The fraction of sp³-hybridized carbons (Fsp3) is 0.474. The summed E-state index contributed by atoms with van der Waals surface area (Å²) in [5.74, 6) is 0.926. The van der Waals surface area contributed by atoms with E-state index in [0.717, 1.165) is 57.1 Å². The van der Waals surface area contributed by atoms with Gasteiger partial charge in [-0.2, -0.15) is 5.10 Å². The number of ether oxygens (including phenoxy) is 1. The summed E-state index contributed by atoms with van der Waals surface area (Å²) < 4.78 is 6.70. The Morgan fingerprint density at radius 3 is 2.70 bits per heavy atom. The zero-order valence-corrected chi connectivity index (χ0v) is 16.6. The van der Waals surface area contributed by atoms with E-state index in [1.807, 2.05) is 18.2 Å². The minimum atomic E-state index is -0.283. The molecule has 1 fully saturated rings. The van der Waals surface area contributed by atoms with Crippen LogP contribution >= 0.6 is 11.6 Å². The van der Waals surface area contributed by atoms with Crippen molar-refractivity contribution in [3.8, 4) is 5.75 Å². The maximum Gasteiger partial charge on any atom is 0.287 e. The van der Waals surface area contributed by atoms with Gasteiger partial charge in [-0.25, -0.2) is 4.68 Å². The van der Waals surface area contributed by atoms with Gasteiger partial charge in [0.15, 0.2) is 0 Å². The molecule has 2 heterocycles. The number of aryl methyl sites for hydroxylation is 1. The van der Waals surface area contributed by atoms with E-state index in [1.54, 1.807) is 20.4 Å². The summed E-state index contributed by atoms with van der Waals surface area (Å²) in [4.78, 5) is 16.6. The summed E-state index contributed by atoms with van der Waals surface area (Å²) in [6.45, 7) is 5.76. The summed E-state index contributed by atoms with van der Waals surface area (Å²) in [6, 6.07) is 8.16. The molecule has 0 amide bonds. The Labute approximate surface area is 164 Å². The molecule has 0 spiro atoms. The summed E-state index contributed by atoms with van der Waals surface area (Å²) in [7, 11) is 3.30. The van der Waals surface area contributed by atoms with Crippen LogP contribution in [-0.4, -0.2) is 61.1 Å². The zero-order chi connectivity index (χ0) is 19.2. The second-order valence-electron chi connectivity index (χ2n) is 6.58. The van der Waals surface area contributed by atoms with Gasteiger partial charge in [0.25, 0.3) is 5.56 Å². The first-order chi connectivity index (χ1) is 13.1. The SMILES string of the molecule is COc1ccccc1N1CCN(CCCNc2cnn(C)c(=O)c2Cl)CC1. The Balaban J connectivity index is 1.43. The number of methoxy groups -OCH3 is 1. The Kier molecular flexibility index (Phi) is 6.58. The lowest BCUT2D eigenvalue weighted by Gasteiger charge is -2.36. The molecule has 1 saturated heterocycles. The lowest BCUT2D eigenvalue weighted by Crippen LogP contribution is -2.47. The number of anilines is 2. The summed E-state index contributed by atoms with van der Waals surface area (Å²) >= 11 is 6.06. The fourth-order valence-corrected chi connectivity index (χ4v) is 3.50. The number of hydrogen-bond acceptors (Lipinski definition) is 6. The van der Waals surface area contributed by atoms with E-state index in [0.29, 0.717) is 5.69 Å². The number of piperazine rings is 1. The van der Waals surface area contributed by atoms with Crippen molar-refractivity contribution in [3.63, 3.8) is 0 Å². The van der Waals surface area contributed by atoms with Gasteiger partial charge in [0.2, 0.25) is 0 Å². The minimum absolute atomic E-state index is 0.193. The number of para-hydroxylation sites is 2. The van der Waals surface area contributed by atoms with Crippen molar-refractivity contribution in [1.29, 1.82) is 0 Å². The number of rotatable bonds is 7. The van der Waals surface area contributed by atoms with Crippen LogP contribution < -0.4 is 20.5 Å². The molecular formula is C19H26ClN5O2. The number of nitrogens with zero attached hydrogens (tertiary/aromatic N) is 4. The predicted molar refractivity (Wildman–Crippen MR) is 109 cm³/mol. The average Bonchev–Trinajstić information content (AvgIpc) is 2.71. The third-order valence-corrected chi connectivity index (χ3v) is 5.21. The molecule has 7 nitrogen and oxygen atoms in total. The van der Waals surface area contributed by atoms with Crippen molar-refractivity contribution in [1.82, 2.24) is 14.7 Å². The van der Waals surface area contributed by atoms with E-state index in [1.165, 1.54) is 4.68 Å². The van der Waals surface area contributed by atoms with Crippen molar-refractivity contribution in [3.05, 3.63) is 45.8 Å². The molecule has 3 rings (SSSR count). The molecule has 27 heavy (non-hydrogen) atoms. The third-order valence-electron chi connectivity index (χ3n) is 4.84. The molecule has 2 aromatic rings. The molecule has 1 aromatic carbocycles. The number of aromatic nitrogens is 2. The quantitative estimate of drug-likeness (QED) is 0.729. The van der Waals surface area contributed by atoms with E-state index in [4.69, 9.17) is 16.3 Å². The first-order valence-corrected chi connectivity index (χ1v) is 9.54. The van der Waals surface area contributed by atoms with E-state index in [-0.39, 0.29) is 10.6 Å². The molecule has 0 atom stereocenters. The van der Waals surface area contributed by atoms with E-state index >= 15 is 0 Å². The van der Waals surface area contributed by atoms with Gasteiger partial charge in [-0.3, -0.25) is 9.69 Å². The summed E-state index contributed by atoms with van der Waals surface area (Å²) in [6.07, 6.45) is 2.57. The normalized spacial score (nSPS) is 15.0. The molecule has 0 aliphatic carbocycles. The van der Waals surface area contributed by atoms with Crippen LogP contribution in [0.2, 0.25) is 5.02 Å². The van der Waals surface area contributed by atoms with Crippen LogP contribution in [0.5, 0.6) is 5.75 Å². The molecule has 1 aliphatic heterocycles. The highest BCUT2D eigenvalue weighted by Crippen LogP contribution is 2.28. The van der Waals surface area contributed by atoms with Crippen LogP contribution in [0.15, 0.2) is 35.3 Å². The van der Waals surface area contributed by atoms with Gasteiger partial charge < -0.3 is 15.0 Å². The van der Waals surface area contributed by atoms with Crippen molar-refractivity contribution in [2.24, 2.45) is 7.05 Å². The topological polar surface area (TPSA) is 62.6 Å².